The van der Waals surface area contributed by atoms with Crippen LogP contribution in [-0.4, -0.2) is 16.8 Å². The van der Waals surface area contributed by atoms with Gasteiger partial charge in [0.1, 0.15) is 0 Å². The Bertz CT molecular complexity index is 244. The zero-order valence-electron chi connectivity index (χ0n) is 12.6. The molecule has 0 heterocycles. The average molecular weight is 286 g/mol. The molecule has 5 heteroatoms. The summed E-state index contributed by atoms with van der Waals surface area (Å²) >= 11 is -4.29. The van der Waals surface area contributed by atoms with E-state index in [9.17, 15) is 3.67 Å². The number of rotatable bonds is 3. The zero-order chi connectivity index (χ0) is 14.1. The maximum absolute atomic E-state index is 12.7. The molecule has 0 fully saturated rings. The van der Waals surface area contributed by atoms with Crippen molar-refractivity contribution in [2.45, 2.75) is 79.1 Å². The van der Waals surface area contributed by atoms with Crippen molar-refractivity contribution in [2.24, 2.45) is 0 Å². The van der Waals surface area contributed by atoms with Crippen LogP contribution in [0.15, 0.2) is 0 Å². The van der Waals surface area contributed by atoms with E-state index < -0.39 is 31.8 Å². The van der Waals surface area contributed by atoms with Crippen molar-refractivity contribution < 1.29 is 29.7 Å². The van der Waals surface area contributed by atoms with Crippen LogP contribution in [0.25, 0.3) is 0 Å². The van der Waals surface area contributed by atoms with Crippen LogP contribution in [-0.2, 0) is 29.7 Å². The molecule has 0 aliphatic rings. The molecule has 0 radical (unpaired) electrons. The van der Waals surface area contributed by atoms with Crippen molar-refractivity contribution in [1.29, 1.82) is 0 Å². The fourth-order valence-electron chi connectivity index (χ4n) is 1.06. The fourth-order valence-corrected chi connectivity index (χ4v) is 4.38. The monoisotopic (exact) mass is 286 g/mol. The predicted molar refractivity (Wildman–Crippen MR) is 63.2 cm³/mol. The van der Waals surface area contributed by atoms with E-state index in [1.165, 1.54) is 0 Å². The second-order valence-corrected chi connectivity index (χ2v) is 9.31. The third-order valence-corrected chi connectivity index (χ3v) is 4.77. The second kappa shape index (κ2) is 5.10. The molecular weight excluding hydrogens is 259 g/mol. The molecule has 4 nitrogen and oxygen atoms in total. The molecule has 0 saturated carbocycles. The summed E-state index contributed by atoms with van der Waals surface area (Å²) in [4.78, 5) is 0. The molecule has 17 heavy (non-hydrogen) atoms. The number of hydrogen-bond donors (Lipinski definition) is 0. The molecule has 0 saturated heterocycles. The normalized spacial score (nSPS) is 15.1. The summed E-state index contributed by atoms with van der Waals surface area (Å²) in [5, 5.41) is 0. The Kier molecular flexibility index (Phi) is 5.18. The molecular formula is C12H27O4V-. The molecule has 0 aromatic carbocycles. The van der Waals surface area contributed by atoms with Crippen LogP contribution >= 0.6 is 0 Å². The van der Waals surface area contributed by atoms with E-state index in [0.717, 1.165) is 0 Å². The van der Waals surface area contributed by atoms with E-state index in [4.69, 9.17) is 11.0 Å². The van der Waals surface area contributed by atoms with Crippen molar-refractivity contribution in [1.82, 2.24) is 0 Å². The zero-order valence-corrected chi connectivity index (χ0v) is 14.0. The summed E-state index contributed by atoms with van der Waals surface area (Å²) in [6.07, 6.45) is 0. The van der Waals surface area contributed by atoms with Gasteiger partial charge in [0.05, 0.1) is 0 Å². The van der Waals surface area contributed by atoms with Crippen LogP contribution in [0.1, 0.15) is 62.3 Å². The fraction of sp³-hybridized carbons (Fsp3) is 1.00. The number of hydrogen-bond acceptors (Lipinski definition) is 4. The summed E-state index contributed by atoms with van der Waals surface area (Å²) < 4.78 is 29.3. The van der Waals surface area contributed by atoms with Gasteiger partial charge in [-0.2, -0.15) is 0 Å². The van der Waals surface area contributed by atoms with Gasteiger partial charge in [0.25, 0.3) is 0 Å². The van der Waals surface area contributed by atoms with Crippen molar-refractivity contribution in [3.05, 3.63) is 0 Å². The first kappa shape index (κ1) is 17.3. The molecule has 0 unspecified atom stereocenters. The first-order chi connectivity index (χ1) is 7.12. The molecule has 0 amide bonds. The third kappa shape index (κ3) is 9.92. The van der Waals surface area contributed by atoms with E-state index >= 15 is 0 Å². The van der Waals surface area contributed by atoms with Crippen LogP contribution in [0.2, 0.25) is 0 Å². The molecule has 0 aromatic rings. The topological polar surface area (TPSA) is 44.8 Å². The van der Waals surface area contributed by atoms with Crippen molar-refractivity contribution in [3.63, 3.8) is 0 Å². The standard InChI is InChI=1S/3C4H9O.O.V/c3*1-4(2,3)5;;/h3*1-3H3;;/q3*-1;;+2. The Balaban J connectivity index is 5.03. The summed E-state index contributed by atoms with van der Waals surface area (Å²) in [6, 6.07) is 0. The van der Waals surface area contributed by atoms with Gasteiger partial charge < -0.3 is 0 Å². The molecule has 0 atom stereocenters. The summed E-state index contributed by atoms with van der Waals surface area (Å²) in [5.41, 5.74) is -1.69. The Hall–Kier alpha value is 0.264. The van der Waals surface area contributed by atoms with Crippen molar-refractivity contribution in [3.8, 4) is 0 Å². The third-order valence-electron chi connectivity index (χ3n) is 1.16. The van der Waals surface area contributed by atoms with Gasteiger partial charge in [0, 0.05) is 0 Å². The van der Waals surface area contributed by atoms with Gasteiger partial charge in [-0.15, -0.1) is 0 Å². The van der Waals surface area contributed by atoms with E-state index in [-0.39, 0.29) is 0 Å². The minimum absolute atomic E-state index is 0.564. The van der Waals surface area contributed by atoms with E-state index in [1.807, 2.05) is 62.3 Å². The first-order valence-electron chi connectivity index (χ1n) is 5.84. The van der Waals surface area contributed by atoms with Crippen molar-refractivity contribution in [2.75, 3.05) is 0 Å². The summed E-state index contributed by atoms with van der Waals surface area (Å²) in [7, 11) is 0. The molecule has 0 rings (SSSR count). The van der Waals surface area contributed by atoms with Crippen molar-refractivity contribution >= 4 is 0 Å². The predicted octanol–water partition coefficient (Wildman–Crippen LogP) is 3.68. The van der Waals surface area contributed by atoms with Crippen LogP contribution in [0.3, 0.4) is 0 Å². The SMILES string of the molecule is CC(C)(C)[O][V-](=[O])([O]C(C)(C)C)[O]C(C)(C)C. The molecule has 0 bridgehead atoms. The quantitative estimate of drug-likeness (QED) is 0.794. The summed E-state index contributed by atoms with van der Waals surface area (Å²) in [6.45, 7) is 16.5. The van der Waals surface area contributed by atoms with Crippen LogP contribution in [0, 0.1) is 0 Å². The first-order valence-corrected chi connectivity index (χ1v) is 8.12. The van der Waals surface area contributed by atoms with Gasteiger partial charge in [-0.1, -0.05) is 0 Å². The molecule has 0 aromatic heterocycles. The van der Waals surface area contributed by atoms with E-state index in [1.54, 1.807) is 0 Å². The Labute approximate surface area is 109 Å². The van der Waals surface area contributed by atoms with Crippen LogP contribution in [0.4, 0.5) is 0 Å². The Morgan fingerprint density at radius 1 is 0.588 bits per heavy atom. The van der Waals surface area contributed by atoms with Crippen LogP contribution in [0.5, 0.6) is 0 Å². The van der Waals surface area contributed by atoms with E-state index in [0.29, 0.717) is 0 Å². The van der Waals surface area contributed by atoms with Gasteiger partial charge in [-0.05, 0) is 0 Å². The van der Waals surface area contributed by atoms with Gasteiger partial charge in [0.2, 0.25) is 0 Å². The van der Waals surface area contributed by atoms with Gasteiger partial charge in [0.15, 0.2) is 0 Å². The molecule has 0 N–H and O–H groups in total. The molecule has 105 valence electrons. The Morgan fingerprint density at radius 2 is 0.765 bits per heavy atom. The summed E-state index contributed by atoms with van der Waals surface area (Å²) in [5.74, 6) is 0. The maximum atomic E-state index is 12.7. The molecule has 0 aliphatic heterocycles. The Morgan fingerprint density at radius 3 is 0.882 bits per heavy atom. The van der Waals surface area contributed by atoms with Gasteiger partial charge >= 0.3 is 109 Å². The van der Waals surface area contributed by atoms with Gasteiger partial charge in [-0.3, -0.25) is 0 Å². The second-order valence-electron chi connectivity index (χ2n) is 7.06. The van der Waals surface area contributed by atoms with Gasteiger partial charge in [-0.25, -0.2) is 0 Å². The molecule has 0 spiro atoms. The average Bonchev–Trinajstić information content (AvgIpc) is 1.65. The van der Waals surface area contributed by atoms with Crippen LogP contribution < -0.4 is 0 Å². The van der Waals surface area contributed by atoms with E-state index in [2.05, 4.69) is 0 Å². The molecule has 0 aliphatic carbocycles. The minimum atomic E-state index is -4.29.